The van der Waals surface area contributed by atoms with E-state index in [0.717, 1.165) is 10.7 Å². The molecule has 0 aliphatic carbocycles. The maximum Gasteiger partial charge on any atom is 0.242 e. The molecule has 2 N–H and O–H groups in total. The van der Waals surface area contributed by atoms with Crippen molar-refractivity contribution in [2.45, 2.75) is 25.4 Å². The van der Waals surface area contributed by atoms with Gasteiger partial charge >= 0.3 is 0 Å². The number of amides is 2. The quantitative estimate of drug-likeness (QED) is 0.836. The fourth-order valence-corrected chi connectivity index (χ4v) is 2.69. The monoisotopic (exact) mass is 264 g/mol. The lowest BCUT2D eigenvalue weighted by Gasteiger charge is -2.09. The molecule has 2 aromatic heterocycles. The lowest BCUT2D eigenvalue weighted by Crippen LogP contribution is -2.41. The topological polar surface area (TPSA) is 75.5 Å². The third-order valence-corrected chi connectivity index (χ3v) is 3.67. The summed E-state index contributed by atoms with van der Waals surface area (Å²) in [4.78, 5) is 28.0. The van der Waals surface area contributed by atoms with Crippen LogP contribution in [0.4, 0.5) is 0 Å². The first-order valence-corrected chi connectivity index (χ1v) is 6.58. The van der Waals surface area contributed by atoms with Crippen LogP contribution in [0.1, 0.15) is 18.5 Å². The van der Waals surface area contributed by atoms with Crippen LogP contribution in [0.15, 0.2) is 17.8 Å². The second-order valence-corrected chi connectivity index (χ2v) is 5.07. The SMILES string of the molecule is O=C1CCC(C(=O)NCc2cn3ccsc3n2)N1. The number of carbonyl (C=O) groups excluding carboxylic acids is 2. The predicted molar refractivity (Wildman–Crippen MR) is 66.1 cm³/mol. The van der Waals surface area contributed by atoms with Crippen LogP contribution in [0.2, 0.25) is 0 Å². The molecule has 2 aromatic rings. The largest absolute Gasteiger partial charge is 0.349 e. The van der Waals surface area contributed by atoms with Gasteiger partial charge in [-0.15, -0.1) is 11.3 Å². The number of hydrogen-bond acceptors (Lipinski definition) is 4. The van der Waals surface area contributed by atoms with Crippen molar-refractivity contribution in [3.05, 3.63) is 23.5 Å². The highest BCUT2D eigenvalue weighted by Crippen LogP contribution is 2.11. The second kappa shape index (κ2) is 4.41. The molecule has 18 heavy (non-hydrogen) atoms. The molecule has 3 rings (SSSR count). The van der Waals surface area contributed by atoms with E-state index in [1.165, 1.54) is 0 Å². The maximum absolute atomic E-state index is 11.8. The molecule has 0 radical (unpaired) electrons. The molecule has 94 valence electrons. The van der Waals surface area contributed by atoms with E-state index in [4.69, 9.17) is 0 Å². The van der Waals surface area contributed by atoms with Gasteiger partial charge in [-0.25, -0.2) is 4.98 Å². The number of imidazole rings is 1. The Labute approximate surface area is 107 Å². The van der Waals surface area contributed by atoms with Gasteiger partial charge in [-0.05, 0) is 6.42 Å². The molecule has 0 saturated carbocycles. The normalized spacial score (nSPS) is 19.1. The third-order valence-electron chi connectivity index (χ3n) is 2.90. The van der Waals surface area contributed by atoms with Crippen molar-refractivity contribution in [1.82, 2.24) is 20.0 Å². The molecule has 1 unspecified atom stereocenters. The van der Waals surface area contributed by atoms with Gasteiger partial charge in [0.2, 0.25) is 11.8 Å². The Morgan fingerprint density at radius 2 is 2.56 bits per heavy atom. The Morgan fingerprint density at radius 3 is 3.28 bits per heavy atom. The van der Waals surface area contributed by atoms with Gasteiger partial charge in [0, 0.05) is 24.2 Å². The van der Waals surface area contributed by atoms with Gasteiger partial charge < -0.3 is 10.6 Å². The fourth-order valence-electron chi connectivity index (χ4n) is 1.97. The van der Waals surface area contributed by atoms with E-state index >= 15 is 0 Å². The van der Waals surface area contributed by atoms with Crippen molar-refractivity contribution in [3.8, 4) is 0 Å². The maximum atomic E-state index is 11.8. The van der Waals surface area contributed by atoms with Crippen molar-refractivity contribution in [3.63, 3.8) is 0 Å². The summed E-state index contributed by atoms with van der Waals surface area (Å²) in [5, 5.41) is 7.38. The first-order chi connectivity index (χ1) is 8.72. The summed E-state index contributed by atoms with van der Waals surface area (Å²) < 4.78 is 1.92. The summed E-state index contributed by atoms with van der Waals surface area (Å²) in [7, 11) is 0. The predicted octanol–water partition coefficient (Wildman–Crippen LogP) is 0.291. The number of nitrogens with zero attached hydrogens (tertiary/aromatic N) is 2. The van der Waals surface area contributed by atoms with E-state index in [-0.39, 0.29) is 17.9 Å². The zero-order valence-corrected chi connectivity index (χ0v) is 10.4. The van der Waals surface area contributed by atoms with E-state index in [1.807, 2.05) is 22.2 Å². The molecule has 2 amide bonds. The molecule has 0 spiro atoms. The molecule has 6 nitrogen and oxygen atoms in total. The van der Waals surface area contributed by atoms with Crippen LogP contribution in [0, 0.1) is 0 Å². The number of rotatable bonds is 3. The van der Waals surface area contributed by atoms with E-state index in [9.17, 15) is 9.59 Å². The number of hydrogen-bond donors (Lipinski definition) is 2. The smallest absolute Gasteiger partial charge is 0.242 e. The van der Waals surface area contributed by atoms with Crippen molar-refractivity contribution in [2.75, 3.05) is 0 Å². The van der Waals surface area contributed by atoms with E-state index < -0.39 is 0 Å². The minimum absolute atomic E-state index is 0.0577. The van der Waals surface area contributed by atoms with E-state index in [0.29, 0.717) is 19.4 Å². The van der Waals surface area contributed by atoms with Crippen molar-refractivity contribution in [1.29, 1.82) is 0 Å². The number of fused-ring (bicyclic) bond motifs is 1. The van der Waals surface area contributed by atoms with Crippen LogP contribution >= 0.6 is 11.3 Å². The molecule has 0 bridgehead atoms. The molecular formula is C11H12N4O2S. The summed E-state index contributed by atoms with van der Waals surface area (Å²) in [5.41, 5.74) is 0.819. The summed E-state index contributed by atoms with van der Waals surface area (Å²) in [6, 6.07) is -0.388. The van der Waals surface area contributed by atoms with E-state index in [2.05, 4.69) is 15.6 Å². The average molecular weight is 264 g/mol. The number of thiazole rings is 1. The molecule has 1 atom stereocenters. The molecule has 7 heteroatoms. The van der Waals surface area contributed by atoms with Crippen LogP contribution in [0.3, 0.4) is 0 Å². The first-order valence-electron chi connectivity index (χ1n) is 5.70. The minimum atomic E-state index is -0.388. The Morgan fingerprint density at radius 1 is 1.67 bits per heavy atom. The summed E-state index contributed by atoms with van der Waals surface area (Å²) in [6.45, 7) is 0.388. The number of carbonyl (C=O) groups is 2. The van der Waals surface area contributed by atoms with Crippen LogP contribution < -0.4 is 10.6 Å². The summed E-state index contributed by atoms with van der Waals surface area (Å²) in [5.74, 6) is -0.199. The zero-order valence-electron chi connectivity index (χ0n) is 9.55. The van der Waals surface area contributed by atoms with Gasteiger partial charge in [0.15, 0.2) is 4.96 Å². The third kappa shape index (κ3) is 2.08. The zero-order chi connectivity index (χ0) is 12.5. The summed E-state index contributed by atoms with van der Waals surface area (Å²) in [6.07, 6.45) is 4.82. The fraction of sp³-hybridized carbons (Fsp3) is 0.364. The van der Waals surface area contributed by atoms with Crippen LogP contribution in [0.5, 0.6) is 0 Å². The first kappa shape index (κ1) is 11.2. The average Bonchev–Trinajstić information content (AvgIpc) is 3.00. The Kier molecular flexibility index (Phi) is 2.75. The number of nitrogens with one attached hydrogen (secondary N) is 2. The van der Waals surface area contributed by atoms with Gasteiger partial charge in [0.05, 0.1) is 12.2 Å². The Bertz CT molecular complexity index is 574. The molecule has 1 saturated heterocycles. The van der Waals surface area contributed by atoms with Crippen LogP contribution in [-0.2, 0) is 16.1 Å². The van der Waals surface area contributed by atoms with Crippen molar-refractivity contribution < 1.29 is 9.59 Å². The molecule has 3 heterocycles. The van der Waals surface area contributed by atoms with Crippen molar-refractivity contribution in [2.24, 2.45) is 0 Å². The van der Waals surface area contributed by atoms with Crippen LogP contribution in [-0.4, -0.2) is 27.2 Å². The second-order valence-electron chi connectivity index (χ2n) is 4.20. The number of aromatic nitrogens is 2. The molecule has 0 aromatic carbocycles. The van der Waals surface area contributed by atoms with E-state index in [1.54, 1.807) is 11.3 Å². The Balaban J connectivity index is 1.59. The van der Waals surface area contributed by atoms with Gasteiger partial charge in [0.25, 0.3) is 0 Å². The molecular weight excluding hydrogens is 252 g/mol. The van der Waals surface area contributed by atoms with Gasteiger partial charge in [-0.2, -0.15) is 0 Å². The lowest BCUT2D eigenvalue weighted by atomic mass is 10.2. The summed E-state index contributed by atoms with van der Waals surface area (Å²) >= 11 is 1.55. The highest BCUT2D eigenvalue weighted by molar-refractivity contribution is 7.15. The van der Waals surface area contributed by atoms with Gasteiger partial charge in [-0.3, -0.25) is 14.0 Å². The molecule has 1 aliphatic heterocycles. The Hall–Kier alpha value is -1.89. The minimum Gasteiger partial charge on any atom is -0.349 e. The lowest BCUT2D eigenvalue weighted by molar-refractivity contribution is -0.125. The highest BCUT2D eigenvalue weighted by Gasteiger charge is 2.26. The highest BCUT2D eigenvalue weighted by atomic mass is 32.1. The standard InChI is InChI=1S/C11H12N4O2S/c16-9-2-1-8(14-9)10(17)12-5-7-6-15-3-4-18-11(15)13-7/h3-4,6,8H,1-2,5H2,(H,12,17)(H,14,16). The molecule has 1 aliphatic rings. The van der Waals surface area contributed by atoms with Crippen LogP contribution in [0.25, 0.3) is 4.96 Å². The van der Waals surface area contributed by atoms with Gasteiger partial charge in [0.1, 0.15) is 6.04 Å². The van der Waals surface area contributed by atoms with Crippen molar-refractivity contribution >= 4 is 28.1 Å². The molecule has 1 fully saturated rings. The van der Waals surface area contributed by atoms with Gasteiger partial charge in [-0.1, -0.05) is 0 Å².